The summed E-state index contributed by atoms with van der Waals surface area (Å²) in [6.45, 7) is 4.30. The normalized spacial score (nSPS) is 21.5. The van der Waals surface area contributed by atoms with E-state index in [1.165, 1.54) is 18.4 Å². The Balaban J connectivity index is 2.11. The Morgan fingerprint density at radius 3 is 2.86 bits per heavy atom. The average molecular weight is 409 g/mol. The highest BCUT2D eigenvalue weighted by Crippen LogP contribution is 2.37. The maximum Gasteiger partial charge on any atom is 0.413 e. The number of thioether (sulfide) groups is 1. The van der Waals surface area contributed by atoms with Crippen LogP contribution in [0.1, 0.15) is 44.6 Å². The maximum atomic E-state index is 12.2. The molecule has 0 saturated carbocycles. The lowest BCUT2D eigenvalue weighted by molar-refractivity contribution is -0.139. The molecule has 0 spiro atoms. The predicted molar refractivity (Wildman–Crippen MR) is 113 cm³/mol. The number of amides is 1. The minimum atomic E-state index is -1.05. The first kappa shape index (κ1) is 22.6. The van der Waals surface area contributed by atoms with Crippen molar-refractivity contribution in [2.24, 2.45) is 0 Å². The fraction of sp³-hybridized carbons (Fsp3) is 0.619. The van der Waals surface area contributed by atoms with Crippen LogP contribution in [0.4, 0.5) is 4.79 Å². The third-order valence-electron chi connectivity index (χ3n) is 5.55. The Bertz CT molecular complexity index is 670. The second-order valence-electron chi connectivity index (χ2n) is 7.56. The minimum absolute atomic E-state index is 0.0447. The van der Waals surface area contributed by atoms with Crippen LogP contribution < -0.4 is 10.1 Å². The zero-order chi connectivity index (χ0) is 20.6. The van der Waals surface area contributed by atoms with Crippen LogP contribution >= 0.6 is 11.8 Å². The molecule has 1 unspecified atom stereocenters. The van der Waals surface area contributed by atoms with Crippen LogP contribution in [0.15, 0.2) is 24.3 Å². The molecule has 1 heterocycles. The molecule has 28 heavy (non-hydrogen) atoms. The molecule has 156 valence electrons. The van der Waals surface area contributed by atoms with Gasteiger partial charge < -0.3 is 20.1 Å². The highest BCUT2D eigenvalue weighted by molar-refractivity contribution is 7.98. The average Bonchev–Trinajstić information content (AvgIpc) is 2.87. The highest BCUT2D eigenvalue weighted by atomic mass is 32.2. The van der Waals surface area contributed by atoms with Gasteiger partial charge in [-0.15, -0.1) is 0 Å². The second kappa shape index (κ2) is 10.7. The summed E-state index contributed by atoms with van der Waals surface area (Å²) in [6, 6.07) is 6.74. The summed E-state index contributed by atoms with van der Waals surface area (Å²) in [7, 11) is 2.16. The van der Waals surface area contributed by atoms with Crippen LogP contribution in [0.5, 0.6) is 5.75 Å². The number of likely N-dealkylation sites (N-methyl/N-ethyl adjacent to an activating group) is 1. The van der Waals surface area contributed by atoms with Gasteiger partial charge in [0.25, 0.3) is 0 Å². The molecule has 7 heteroatoms. The number of nitrogens with one attached hydrogen (secondary N) is 1. The zero-order valence-corrected chi connectivity index (χ0v) is 17.9. The Hall–Kier alpha value is -1.73. The summed E-state index contributed by atoms with van der Waals surface area (Å²) in [4.78, 5) is 25.9. The number of likely N-dealkylation sites (tertiary alicyclic amines) is 1. The van der Waals surface area contributed by atoms with Gasteiger partial charge in [0, 0.05) is 12.0 Å². The number of carbonyl (C=O) groups excluding carboxylic acids is 1. The van der Waals surface area contributed by atoms with Crippen LogP contribution in [0.2, 0.25) is 0 Å². The van der Waals surface area contributed by atoms with E-state index in [1.807, 2.05) is 18.4 Å². The first-order chi connectivity index (χ1) is 13.4. The Morgan fingerprint density at radius 1 is 1.39 bits per heavy atom. The van der Waals surface area contributed by atoms with E-state index in [1.54, 1.807) is 17.8 Å². The van der Waals surface area contributed by atoms with E-state index in [-0.39, 0.29) is 5.41 Å². The number of carboxylic acids is 1. The monoisotopic (exact) mass is 408 g/mol. The van der Waals surface area contributed by atoms with Gasteiger partial charge in [0.15, 0.2) is 0 Å². The number of carboxylic acid groups (broad SMARTS) is 1. The lowest BCUT2D eigenvalue weighted by atomic mass is 9.74. The Labute approximate surface area is 172 Å². The molecule has 1 aliphatic rings. The topological polar surface area (TPSA) is 78.9 Å². The van der Waals surface area contributed by atoms with Crippen LogP contribution in [-0.4, -0.2) is 60.3 Å². The van der Waals surface area contributed by atoms with E-state index in [0.717, 1.165) is 25.9 Å². The van der Waals surface area contributed by atoms with Crippen LogP contribution in [-0.2, 0) is 10.2 Å². The van der Waals surface area contributed by atoms with E-state index in [4.69, 9.17) is 4.74 Å². The molecule has 1 fully saturated rings. The maximum absolute atomic E-state index is 12.2. The summed E-state index contributed by atoms with van der Waals surface area (Å²) >= 11 is 1.54. The summed E-state index contributed by atoms with van der Waals surface area (Å²) in [6.07, 6.45) is 6.04. The standard InChI is InChI=1S/C21H32N2O4S/c1-4-21(11-5-6-12-23(2)15-21)16-8-7-9-17(14-16)27-20(26)22-18(19(24)25)10-13-28-3/h7-9,14,18H,4-6,10-13,15H2,1-3H3,(H,22,26)(H,24,25)/t18-,21?/m0/s1. The van der Waals surface area contributed by atoms with Crippen LogP contribution in [0.3, 0.4) is 0 Å². The van der Waals surface area contributed by atoms with E-state index < -0.39 is 18.1 Å². The molecule has 2 atom stereocenters. The summed E-state index contributed by atoms with van der Waals surface area (Å²) in [5.74, 6) is 0.0501. The molecule has 0 aliphatic carbocycles. The Kier molecular flexibility index (Phi) is 8.63. The lowest BCUT2D eigenvalue weighted by Crippen LogP contribution is -2.42. The molecular weight excluding hydrogens is 376 g/mol. The molecule has 0 aromatic heterocycles. The van der Waals surface area contributed by atoms with Gasteiger partial charge in [0.05, 0.1) is 0 Å². The summed E-state index contributed by atoms with van der Waals surface area (Å²) in [5, 5.41) is 11.7. The first-order valence-corrected chi connectivity index (χ1v) is 11.3. The summed E-state index contributed by atoms with van der Waals surface area (Å²) < 4.78 is 5.42. The molecule has 6 nitrogen and oxygen atoms in total. The molecule has 2 N–H and O–H groups in total. The van der Waals surface area contributed by atoms with Crippen LogP contribution in [0, 0.1) is 0 Å². The number of ether oxygens (including phenoxy) is 1. The molecule has 1 saturated heterocycles. The minimum Gasteiger partial charge on any atom is -0.480 e. The van der Waals surface area contributed by atoms with Crippen molar-refractivity contribution in [3.05, 3.63) is 29.8 Å². The van der Waals surface area contributed by atoms with Gasteiger partial charge in [0.2, 0.25) is 0 Å². The molecule has 1 aromatic rings. The number of benzene rings is 1. The zero-order valence-electron chi connectivity index (χ0n) is 17.1. The van der Waals surface area contributed by atoms with Crippen molar-refractivity contribution in [3.8, 4) is 5.75 Å². The molecule has 1 aliphatic heterocycles. The third kappa shape index (κ3) is 6.14. The van der Waals surface area contributed by atoms with Crippen molar-refractivity contribution in [1.82, 2.24) is 10.2 Å². The Morgan fingerprint density at radius 2 is 2.18 bits per heavy atom. The fourth-order valence-electron chi connectivity index (χ4n) is 3.91. The SMILES string of the molecule is CCC1(c2cccc(OC(=O)N[C@@H](CCSC)C(=O)O)c2)CCCCN(C)C1. The van der Waals surface area contributed by atoms with Gasteiger partial charge in [-0.3, -0.25) is 0 Å². The molecule has 1 aromatic carbocycles. The number of nitrogens with zero attached hydrogens (tertiary/aromatic N) is 1. The van der Waals surface area contributed by atoms with Crippen molar-refractivity contribution >= 4 is 23.8 Å². The molecular formula is C21H32N2O4S. The van der Waals surface area contributed by atoms with Crippen molar-refractivity contribution < 1.29 is 19.4 Å². The van der Waals surface area contributed by atoms with Crippen molar-refractivity contribution in [1.29, 1.82) is 0 Å². The number of hydrogen-bond acceptors (Lipinski definition) is 5. The van der Waals surface area contributed by atoms with Gasteiger partial charge >= 0.3 is 12.1 Å². The van der Waals surface area contributed by atoms with Gasteiger partial charge in [-0.2, -0.15) is 11.8 Å². The molecule has 0 radical (unpaired) electrons. The van der Waals surface area contributed by atoms with Gasteiger partial charge in [0.1, 0.15) is 11.8 Å². The molecule has 2 rings (SSSR count). The number of aliphatic carboxylic acids is 1. The number of carbonyl (C=O) groups is 2. The van der Waals surface area contributed by atoms with E-state index >= 15 is 0 Å². The largest absolute Gasteiger partial charge is 0.480 e. The smallest absolute Gasteiger partial charge is 0.413 e. The first-order valence-electron chi connectivity index (χ1n) is 9.89. The van der Waals surface area contributed by atoms with Crippen molar-refractivity contribution in [3.63, 3.8) is 0 Å². The van der Waals surface area contributed by atoms with Gasteiger partial charge in [-0.25, -0.2) is 9.59 Å². The third-order valence-corrected chi connectivity index (χ3v) is 6.20. The van der Waals surface area contributed by atoms with Crippen molar-refractivity contribution in [2.75, 3.05) is 32.1 Å². The van der Waals surface area contributed by atoms with Crippen molar-refractivity contribution in [2.45, 2.75) is 50.5 Å². The summed E-state index contributed by atoms with van der Waals surface area (Å²) in [5.41, 5.74) is 1.22. The van der Waals surface area contributed by atoms with E-state index in [0.29, 0.717) is 17.9 Å². The number of rotatable bonds is 8. The van der Waals surface area contributed by atoms with Crippen LogP contribution in [0.25, 0.3) is 0 Å². The second-order valence-corrected chi connectivity index (χ2v) is 8.55. The molecule has 1 amide bonds. The van der Waals surface area contributed by atoms with E-state index in [2.05, 4.69) is 30.3 Å². The number of hydrogen-bond donors (Lipinski definition) is 2. The fourth-order valence-corrected chi connectivity index (χ4v) is 4.38. The predicted octanol–water partition coefficient (Wildman–Crippen LogP) is 3.74. The van der Waals surface area contributed by atoms with Gasteiger partial charge in [-0.05, 0) is 69.0 Å². The quantitative estimate of drug-likeness (QED) is 0.682. The highest BCUT2D eigenvalue weighted by Gasteiger charge is 2.33. The molecule has 0 bridgehead atoms. The van der Waals surface area contributed by atoms with Gasteiger partial charge in [-0.1, -0.05) is 25.5 Å². The lowest BCUT2D eigenvalue weighted by Gasteiger charge is -2.35. The van der Waals surface area contributed by atoms with E-state index in [9.17, 15) is 14.7 Å².